The monoisotopic (exact) mass is 394 g/mol. The normalized spacial score (nSPS) is 16.8. The highest BCUT2D eigenvalue weighted by Gasteiger charge is 2.29. The van der Waals surface area contributed by atoms with Crippen molar-refractivity contribution in [1.82, 2.24) is 19.7 Å². The van der Waals surface area contributed by atoms with E-state index in [0.29, 0.717) is 17.2 Å². The van der Waals surface area contributed by atoms with Crippen LogP contribution in [0.1, 0.15) is 27.5 Å². The summed E-state index contributed by atoms with van der Waals surface area (Å²) in [6, 6.07) is 11.1. The van der Waals surface area contributed by atoms with Gasteiger partial charge in [0, 0.05) is 54.7 Å². The Kier molecular flexibility index (Phi) is 5.34. The van der Waals surface area contributed by atoms with Crippen molar-refractivity contribution >= 4 is 17.7 Å². The van der Waals surface area contributed by atoms with Crippen LogP contribution in [0.3, 0.4) is 0 Å². The summed E-state index contributed by atoms with van der Waals surface area (Å²) in [5, 5.41) is 4.26. The van der Waals surface area contributed by atoms with Crippen LogP contribution in [-0.2, 0) is 7.05 Å². The van der Waals surface area contributed by atoms with E-state index in [9.17, 15) is 4.79 Å². The van der Waals surface area contributed by atoms with E-state index in [-0.39, 0.29) is 11.9 Å². The minimum Gasteiger partial charge on any atom is -0.439 e. The average molecular weight is 395 g/mol. The first-order chi connectivity index (χ1) is 13.6. The fourth-order valence-corrected chi connectivity index (χ4v) is 4.29. The molecule has 0 saturated carbocycles. The zero-order chi connectivity index (χ0) is 19.5. The molecular formula is C21H22N4O2S. The zero-order valence-corrected chi connectivity index (χ0v) is 16.7. The first kappa shape index (κ1) is 18.6. The number of carbonyl (C=O) groups excluding carboxylic acids is 1. The lowest BCUT2D eigenvalue weighted by Crippen LogP contribution is -2.40. The lowest BCUT2D eigenvalue weighted by Gasteiger charge is -2.35. The van der Waals surface area contributed by atoms with E-state index >= 15 is 0 Å². The molecule has 0 bridgehead atoms. The van der Waals surface area contributed by atoms with Gasteiger partial charge in [0.2, 0.25) is 5.88 Å². The minimum atomic E-state index is 0.0363. The summed E-state index contributed by atoms with van der Waals surface area (Å²) in [6.45, 7) is 2.71. The Morgan fingerprint density at radius 3 is 2.68 bits per heavy atom. The van der Waals surface area contributed by atoms with Gasteiger partial charge < -0.3 is 9.64 Å². The number of hydrogen-bond donors (Lipinski definition) is 0. The highest BCUT2D eigenvalue weighted by Crippen LogP contribution is 2.31. The molecule has 1 aliphatic heterocycles. The summed E-state index contributed by atoms with van der Waals surface area (Å²) in [5.41, 5.74) is 2.81. The Hall–Kier alpha value is -2.80. The van der Waals surface area contributed by atoms with E-state index in [1.165, 1.54) is 0 Å². The molecule has 4 rings (SSSR count). The van der Waals surface area contributed by atoms with Crippen LogP contribution in [-0.4, -0.2) is 43.6 Å². The van der Waals surface area contributed by atoms with Crippen molar-refractivity contribution in [1.29, 1.82) is 0 Å². The summed E-state index contributed by atoms with van der Waals surface area (Å²) in [6.07, 6.45) is 5.60. The smallest absolute Gasteiger partial charge is 0.254 e. The molecule has 1 amide bonds. The number of nitrogens with zero attached hydrogens (tertiary/aromatic N) is 4. The van der Waals surface area contributed by atoms with Gasteiger partial charge >= 0.3 is 0 Å². The number of carbonyl (C=O) groups is 1. The number of benzene rings is 1. The lowest BCUT2D eigenvalue weighted by atomic mass is 10.1. The third-order valence-corrected chi connectivity index (χ3v) is 5.73. The van der Waals surface area contributed by atoms with Crippen LogP contribution in [0.4, 0.5) is 0 Å². The predicted molar refractivity (Wildman–Crippen MR) is 110 cm³/mol. The molecule has 6 nitrogen and oxygen atoms in total. The maximum Gasteiger partial charge on any atom is 0.254 e. The third kappa shape index (κ3) is 4.04. The van der Waals surface area contributed by atoms with Crippen molar-refractivity contribution in [3.8, 4) is 11.6 Å². The number of pyridine rings is 1. The summed E-state index contributed by atoms with van der Waals surface area (Å²) < 4.78 is 7.54. The van der Waals surface area contributed by atoms with Gasteiger partial charge in [-0.05, 0) is 36.8 Å². The van der Waals surface area contributed by atoms with Gasteiger partial charge in [-0.1, -0.05) is 6.07 Å². The van der Waals surface area contributed by atoms with Crippen molar-refractivity contribution in [2.24, 2.45) is 7.05 Å². The predicted octanol–water partition coefficient (Wildman–Crippen LogP) is 3.85. The van der Waals surface area contributed by atoms with Gasteiger partial charge in [0.05, 0.1) is 12.2 Å². The average Bonchev–Trinajstić information content (AvgIpc) is 3.16. The van der Waals surface area contributed by atoms with Gasteiger partial charge in [-0.3, -0.25) is 9.48 Å². The number of thioether (sulfide) groups is 1. The molecule has 1 unspecified atom stereocenters. The van der Waals surface area contributed by atoms with Gasteiger partial charge in [0.15, 0.2) is 0 Å². The molecule has 0 aliphatic carbocycles. The van der Waals surface area contributed by atoms with E-state index in [4.69, 9.17) is 4.74 Å². The third-order valence-electron chi connectivity index (χ3n) is 4.71. The molecule has 1 aliphatic rings. The quantitative estimate of drug-likeness (QED) is 0.673. The van der Waals surface area contributed by atoms with Crippen molar-refractivity contribution < 1.29 is 9.53 Å². The van der Waals surface area contributed by atoms with E-state index < -0.39 is 0 Å². The van der Waals surface area contributed by atoms with E-state index in [2.05, 4.69) is 10.1 Å². The van der Waals surface area contributed by atoms with Gasteiger partial charge in [-0.15, -0.1) is 0 Å². The SMILES string of the molecule is Cc1ccc(Oc2ccc(C(=O)N3CCSCC3c3cnn(C)c3)cc2)nc1. The maximum atomic E-state index is 13.1. The van der Waals surface area contributed by atoms with Crippen molar-refractivity contribution in [3.05, 3.63) is 71.7 Å². The summed E-state index contributed by atoms with van der Waals surface area (Å²) in [7, 11) is 1.90. The van der Waals surface area contributed by atoms with E-state index in [0.717, 1.165) is 29.2 Å². The molecule has 2 aromatic heterocycles. The molecule has 3 aromatic rings. The molecule has 3 heterocycles. The highest BCUT2D eigenvalue weighted by atomic mass is 32.2. The highest BCUT2D eigenvalue weighted by molar-refractivity contribution is 7.99. The van der Waals surface area contributed by atoms with Crippen LogP contribution < -0.4 is 4.74 Å². The second-order valence-corrected chi connectivity index (χ2v) is 7.99. The van der Waals surface area contributed by atoms with Crippen LogP contribution in [0.5, 0.6) is 11.6 Å². The summed E-state index contributed by atoms with van der Waals surface area (Å²) in [5.74, 6) is 3.06. The Balaban J connectivity index is 1.49. The van der Waals surface area contributed by atoms with Gasteiger partial charge in [-0.2, -0.15) is 16.9 Å². The summed E-state index contributed by atoms with van der Waals surface area (Å²) in [4.78, 5) is 19.3. The number of rotatable bonds is 4. The van der Waals surface area contributed by atoms with Gasteiger partial charge in [0.25, 0.3) is 5.91 Å². The second kappa shape index (κ2) is 8.06. The van der Waals surface area contributed by atoms with Crippen molar-refractivity contribution in [2.45, 2.75) is 13.0 Å². The molecular weight excluding hydrogens is 372 g/mol. The van der Waals surface area contributed by atoms with Crippen molar-refractivity contribution in [3.63, 3.8) is 0 Å². The molecule has 0 radical (unpaired) electrons. The molecule has 1 saturated heterocycles. The first-order valence-electron chi connectivity index (χ1n) is 9.18. The first-order valence-corrected chi connectivity index (χ1v) is 10.3. The Bertz CT molecular complexity index is 953. The largest absolute Gasteiger partial charge is 0.439 e. The Morgan fingerprint density at radius 2 is 2.00 bits per heavy atom. The molecule has 1 fully saturated rings. The molecule has 1 atom stereocenters. The topological polar surface area (TPSA) is 60.2 Å². The zero-order valence-electron chi connectivity index (χ0n) is 15.9. The molecule has 144 valence electrons. The number of hydrogen-bond acceptors (Lipinski definition) is 5. The van der Waals surface area contributed by atoms with Crippen LogP contribution in [0, 0.1) is 6.92 Å². The fourth-order valence-electron chi connectivity index (χ4n) is 3.20. The lowest BCUT2D eigenvalue weighted by molar-refractivity contribution is 0.0701. The second-order valence-electron chi connectivity index (χ2n) is 6.84. The molecule has 0 N–H and O–H groups in total. The number of ether oxygens (including phenoxy) is 1. The Labute approximate surface area is 168 Å². The van der Waals surface area contributed by atoms with E-state index in [1.807, 2.05) is 79.4 Å². The molecule has 28 heavy (non-hydrogen) atoms. The maximum absolute atomic E-state index is 13.1. The number of aryl methyl sites for hydroxylation is 2. The summed E-state index contributed by atoms with van der Waals surface area (Å²) >= 11 is 1.87. The molecule has 1 aromatic carbocycles. The van der Waals surface area contributed by atoms with Crippen LogP contribution in [0.25, 0.3) is 0 Å². The van der Waals surface area contributed by atoms with Crippen LogP contribution in [0.15, 0.2) is 55.0 Å². The number of amides is 1. The molecule has 0 spiro atoms. The van der Waals surface area contributed by atoms with E-state index in [1.54, 1.807) is 10.9 Å². The minimum absolute atomic E-state index is 0.0363. The van der Waals surface area contributed by atoms with Crippen LogP contribution in [0.2, 0.25) is 0 Å². The Morgan fingerprint density at radius 1 is 1.18 bits per heavy atom. The number of aromatic nitrogens is 3. The fraction of sp³-hybridized carbons (Fsp3) is 0.286. The molecule has 7 heteroatoms. The standard InChI is InChI=1S/C21H22N4O2S/c1-15-3-8-20(22-11-15)27-18-6-4-16(5-7-18)21(26)25-9-10-28-14-19(25)17-12-23-24(2)13-17/h3-8,11-13,19H,9-10,14H2,1-2H3. The van der Waals surface area contributed by atoms with Gasteiger partial charge in [-0.25, -0.2) is 4.98 Å². The van der Waals surface area contributed by atoms with Crippen molar-refractivity contribution in [2.75, 3.05) is 18.1 Å². The van der Waals surface area contributed by atoms with Gasteiger partial charge in [0.1, 0.15) is 5.75 Å². The van der Waals surface area contributed by atoms with Crippen LogP contribution >= 0.6 is 11.8 Å².